The van der Waals surface area contributed by atoms with E-state index in [1.807, 2.05) is 6.07 Å². The summed E-state index contributed by atoms with van der Waals surface area (Å²) in [6.45, 7) is 2.77. The Balaban J connectivity index is 2.02. The second-order valence-corrected chi connectivity index (χ2v) is 5.63. The van der Waals surface area contributed by atoms with E-state index in [9.17, 15) is 4.79 Å². The zero-order chi connectivity index (χ0) is 17.4. The summed E-state index contributed by atoms with van der Waals surface area (Å²) in [4.78, 5) is 20.2. The van der Waals surface area contributed by atoms with Crippen LogP contribution >= 0.6 is 11.6 Å². The zero-order valence-corrected chi connectivity index (χ0v) is 14.6. The summed E-state index contributed by atoms with van der Waals surface area (Å²) < 4.78 is 5.12. The molecule has 0 bridgehead atoms. The lowest BCUT2D eigenvalue weighted by Crippen LogP contribution is -2.25. The molecule has 0 saturated carbocycles. The number of nitrogens with zero attached hydrogens (tertiary/aromatic N) is 2. The molecule has 24 heavy (non-hydrogen) atoms. The van der Waals surface area contributed by atoms with Crippen LogP contribution in [0, 0.1) is 0 Å². The molecule has 0 radical (unpaired) electrons. The first kappa shape index (κ1) is 18.0. The van der Waals surface area contributed by atoms with E-state index in [-0.39, 0.29) is 5.91 Å². The van der Waals surface area contributed by atoms with Crippen molar-refractivity contribution in [2.45, 2.75) is 26.2 Å². The molecule has 0 atom stereocenters. The van der Waals surface area contributed by atoms with Gasteiger partial charge in [-0.05, 0) is 24.6 Å². The van der Waals surface area contributed by atoms with Gasteiger partial charge in [0.15, 0.2) is 0 Å². The molecule has 1 aromatic carbocycles. The van der Waals surface area contributed by atoms with Gasteiger partial charge in [-0.3, -0.25) is 4.79 Å². The molecule has 1 aromatic heterocycles. The highest BCUT2D eigenvalue weighted by Crippen LogP contribution is 2.28. The van der Waals surface area contributed by atoms with Crippen LogP contribution in [0.25, 0.3) is 0 Å². The number of nitrogens with one attached hydrogen (secondary N) is 2. The molecule has 0 fully saturated rings. The minimum Gasteiger partial charge on any atom is -0.495 e. The standard InChI is InChI=1S/C17H21ClN4O2/c1-3-4-5-8-19-17(23)14-10-16(21-11-20-14)22-12-6-7-15(24-2)13(18)9-12/h6-7,9-11H,3-5,8H2,1-2H3,(H,19,23)(H,20,21,22). The van der Waals surface area contributed by atoms with Crippen LogP contribution in [-0.2, 0) is 0 Å². The van der Waals surface area contributed by atoms with Gasteiger partial charge in [0.1, 0.15) is 23.6 Å². The van der Waals surface area contributed by atoms with Crippen molar-refractivity contribution in [2.24, 2.45) is 0 Å². The lowest BCUT2D eigenvalue weighted by molar-refractivity contribution is 0.0948. The maximum Gasteiger partial charge on any atom is 0.270 e. The topological polar surface area (TPSA) is 76.1 Å². The average Bonchev–Trinajstić information content (AvgIpc) is 2.59. The van der Waals surface area contributed by atoms with Crippen LogP contribution in [0.15, 0.2) is 30.6 Å². The van der Waals surface area contributed by atoms with Crippen molar-refractivity contribution in [3.8, 4) is 5.75 Å². The number of anilines is 2. The van der Waals surface area contributed by atoms with Crippen molar-refractivity contribution in [3.63, 3.8) is 0 Å². The summed E-state index contributed by atoms with van der Waals surface area (Å²) in [5.41, 5.74) is 1.07. The highest BCUT2D eigenvalue weighted by atomic mass is 35.5. The van der Waals surface area contributed by atoms with Gasteiger partial charge in [0, 0.05) is 18.3 Å². The summed E-state index contributed by atoms with van der Waals surface area (Å²) in [6, 6.07) is 6.91. The number of halogens is 1. The number of ether oxygens (including phenoxy) is 1. The monoisotopic (exact) mass is 348 g/mol. The molecule has 0 aliphatic rings. The Labute approximate surface area is 146 Å². The normalized spacial score (nSPS) is 10.3. The average molecular weight is 349 g/mol. The number of amides is 1. The van der Waals surface area contributed by atoms with Crippen LogP contribution in [0.1, 0.15) is 36.7 Å². The van der Waals surface area contributed by atoms with Gasteiger partial charge >= 0.3 is 0 Å². The molecule has 6 nitrogen and oxygen atoms in total. The SMILES string of the molecule is CCCCCNC(=O)c1cc(Nc2ccc(OC)c(Cl)c2)ncn1. The lowest BCUT2D eigenvalue weighted by atomic mass is 10.2. The molecular formula is C17H21ClN4O2. The largest absolute Gasteiger partial charge is 0.495 e. The zero-order valence-electron chi connectivity index (χ0n) is 13.8. The number of hydrogen-bond donors (Lipinski definition) is 2. The van der Waals surface area contributed by atoms with E-state index in [0.717, 1.165) is 24.9 Å². The Bertz CT molecular complexity index is 694. The molecule has 0 aliphatic heterocycles. The van der Waals surface area contributed by atoms with Crippen molar-refractivity contribution >= 4 is 29.0 Å². The van der Waals surface area contributed by atoms with E-state index >= 15 is 0 Å². The number of hydrogen-bond acceptors (Lipinski definition) is 5. The first-order valence-corrected chi connectivity index (χ1v) is 8.22. The first-order chi connectivity index (χ1) is 11.6. The lowest BCUT2D eigenvalue weighted by Gasteiger charge is -2.09. The van der Waals surface area contributed by atoms with E-state index < -0.39 is 0 Å². The van der Waals surface area contributed by atoms with Crippen LogP contribution in [-0.4, -0.2) is 29.5 Å². The number of aromatic nitrogens is 2. The Hall–Kier alpha value is -2.34. The number of rotatable bonds is 8. The van der Waals surface area contributed by atoms with Gasteiger partial charge in [-0.1, -0.05) is 31.4 Å². The molecule has 0 spiro atoms. The first-order valence-electron chi connectivity index (χ1n) is 7.85. The quantitative estimate of drug-likeness (QED) is 0.709. The minimum absolute atomic E-state index is 0.204. The smallest absolute Gasteiger partial charge is 0.270 e. The van der Waals surface area contributed by atoms with Crippen molar-refractivity contribution < 1.29 is 9.53 Å². The van der Waals surface area contributed by atoms with E-state index in [4.69, 9.17) is 16.3 Å². The van der Waals surface area contributed by atoms with Crippen molar-refractivity contribution in [1.29, 1.82) is 0 Å². The second-order valence-electron chi connectivity index (χ2n) is 5.23. The van der Waals surface area contributed by atoms with Gasteiger partial charge in [-0.2, -0.15) is 0 Å². The maximum atomic E-state index is 12.1. The van der Waals surface area contributed by atoms with E-state index in [1.54, 1.807) is 25.3 Å². The van der Waals surface area contributed by atoms with Gasteiger partial charge in [0.05, 0.1) is 12.1 Å². The molecule has 1 heterocycles. The molecule has 1 amide bonds. The number of methoxy groups -OCH3 is 1. The van der Waals surface area contributed by atoms with Crippen LogP contribution in [0.3, 0.4) is 0 Å². The summed E-state index contributed by atoms with van der Waals surface area (Å²) in [5, 5.41) is 6.44. The number of carbonyl (C=O) groups is 1. The van der Waals surface area contributed by atoms with E-state index in [1.165, 1.54) is 6.33 Å². The molecule has 2 aromatic rings. The molecule has 0 aliphatic carbocycles. The van der Waals surface area contributed by atoms with Crippen LogP contribution < -0.4 is 15.4 Å². The highest BCUT2D eigenvalue weighted by molar-refractivity contribution is 6.32. The predicted octanol–water partition coefficient (Wildman–Crippen LogP) is 3.80. The Kier molecular flexibility index (Phi) is 6.81. The van der Waals surface area contributed by atoms with Crippen molar-refractivity contribution in [3.05, 3.63) is 41.3 Å². The number of benzene rings is 1. The van der Waals surface area contributed by atoms with E-state index in [0.29, 0.717) is 28.8 Å². The fourth-order valence-corrected chi connectivity index (χ4v) is 2.37. The Morgan fingerprint density at radius 1 is 1.25 bits per heavy atom. The van der Waals surface area contributed by atoms with Crippen LogP contribution in [0.2, 0.25) is 5.02 Å². The van der Waals surface area contributed by atoms with Crippen LogP contribution in [0.5, 0.6) is 5.75 Å². The van der Waals surface area contributed by atoms with Gasteiger partial charge in [0.25, 0.3) is 5.91 Å². The Morgan fingerprint density at radius 2 is 2.08 bits per heavy atom. The van der Waals surface area contributed by atoms with Crippen molar-refractivity contribution in [1.82, 2.24) is 15.3 Å². The van der Waals surface area contributed by atoms with Gasteiger partial charge in [0.2, 0.25) is 0 Å². The maximum absolute atomic E-state index is 12.1. The number of unbranched alkanes of at least 4 members (excludes halogenated alkanes) is 2. The fraction of sp³-hybridized carbons (Fsp3) is 0.353. The van der Waals surface area contributed by atoms with Gasteiger partial charge in [-0.15, -0.1) is 0 Å². The summed E-state index contributed by atoms with van der Waals surface area (Å²) in [7, 11) is 1.56. The fourth-order valence-electron chi connectivity index (χ4n) is 2.11. The van der Waals surface area contributed by atoms with Crippen LogP contribution in [0.4, 0.5) is 11.5 Å². The third-order valence-electron chi connectivity index (χ3n) is 3.39. The third-order valence-corrected chi connectivity index (χ3v) is 3.69. The molecule has 0 saturated heterocycles. The highest BCUT2D eigenvalue weighted by Gasteiger charge is 2.09. The molecule has 128 valence electrons. The summed E-state index contributed by atoms with van der Waals surface area (Å²) in [5.74, 6) is 0.909. The molecule has 0 unspecified atom stereocenters. The van der Waals surface area contributed by atoms with Gasteiger partial charge in [-0.25, -0.2) is 9.97 Å². The minimum atomic E-state index is -0.204. The third kappa shape index (κ3) is 5.09. The van der Waals surface area contributed by atoms with Crippen molar-refractivity contribution in [2.75, 3.05) is 19.0 Å². The molecule has 2 rings (SSSR count). The predicted molar refractivity (Wildman–Crippen MR) is 95.2 cm³/mol. The van der Waals surface area contributed by atoms with E-state index in [2.05, 4.69) is 27.5 Å². The molecule has 7 heteroatoms. The van der Waals surface area contributed by atoms with Gasteiger partial charge < -0.3 is 15.4 Å². The second kappa shape index (κ2) is 9.08. The Morgan fingerprint density at radius 3 is 2.79 bits per heavy atom. The summed E-state index contributed by atoms with van der Waals surface area (Å²) >= 11 is 6.10. The number of carbonyl (C=O) groups excluding carboxylic acids is 1. The summed E-state index contributed by atoms with van der Waals surface area (Å²) in [6.07, 6.45) is 4.52. The molecule has 2 N–H and O–H groups in total. The molecular weight excluding hydrogens is 328 g/mol.